The molecule has 77 valence electrons. The van der Waals surface area contributed by atoms with Crippen molar-refractivity contribution in [2.24, 2.45) is 0 Å². The third-order valence-corrected chi connectivity index (χ3v) is 2.00. The first-order valence-corrected chi connectivity index (χ1v) is 4.83. The Hall–Kier alpha value is -2.34. The molecule has 0 unspecified atom stereocenters. The molecule has 2 aromatic rings. The van der Waals surface area contributed by atoms with E-state index in [1.54, 1.807) is 24.3 Å². The molecule has 1 aromatic carbocycles. The van der Waals surface area contributed by atoms with E-state index in [9.17, 15) is 0 Å². The Morgan fingerprint density at radius 1 is 1.25 bits per heavy atom. The van der Waals surface area contributed by atoms with Gasteiger partial charge in [0.15, 0.2) is 0 Å². The Morgan fingerprint density at radius 2 is 2.06 bits per heavy atom. The fourth-order valence-electron chi connectivity index (χ4n) is 1.25. The molecule has 0 atom stereocenters. The molecule has 0 amide bonds. The molecule has 3 nitrogen and oxygen atoms in total. The van der Waals surface area contributed by atoms with Gasteiger partial charge in [0.05, 0.1) is 5.69 Å². The minimum Gasteiger partial charge on any atom is -0.487 e. The summed E-state index contributed by atoms with van der Waals surface area (Å²) < 4.78 is 5.50. The van der Waals surface area contributed by atoms with Gasteiger partial charge in [-0.1, -0.05) is 18.2 Å². The second-order valence-electron chi connectivity index (χ2n) is 3.15. The number of nitrogens with zero attached hydrogens (tertiary/aromatic N) is 2. The number of aromatic nitrogens is 1. The molecule has 2 rings (SSSR count). The van der Waals surface area contributed by atoms with Crippen LogP contribution in [-0.4, -0.2) is 4.98 Å². The van der Waals surface area contributed by atoms with Crippen LogP contribution in [0.4, 0.5) is 0 Å². The highest BCUT2D eigenvalue weighted by Gasteiger charge is 1.98. The monoisotopic (exact) mass is 209 g/mol. The fourth-order valence-corrected chi connectivity index (χ4v) is 1.25. The molecule has 0 N–H and O–H groups in total. The minimum atomic E-state index is 0.361. The number of rotatable bonds is 3. The Balaban J connectivity index is 2.03. The van der Waals surface area contributed by atoms with Crippen LogP contribution in [0.15, 0.2) is 42.5 Å². The lowest BCUT2D eigenvalue weighted by Gasteiger charge is -2.04. The van der Waals surface area contributed by atoms with Crippen LogP contribution in [0, 0.1) is 17.4 Å². The molecule has 0 spiro atoms. The molecule has 0 aliphatic carbocycles. The van der Waals surface area contributed by atoms with E-state index in [0.717, 1.165) is 11.4 Å². The number of benzene rings is 1. The maximum absolute atomic E-state index is 8.69. The van der Waals surface area contributed by atoms with Crippen molar-refractivity contribution in [1.29, 1.82) is 5.26 Å². The van der Waals surface area contributed by atoms with Crippen LogP contribution in [0.2, 0.25) is 0 Å². The van der Waals surface area contributed by atoms with E-state index in [1.165, 1.54) is 0 Å². The number of hydrogen-bond donors (Lipinski definition) is 0. The van der Waals surface area contributed by atoms with E-state index < -0.39 is 0 Å². The van der Waals surface area contributed by atoms with E-state index in [2.05, 4.69) is 11.1 Å². The van der Waals surface area contributed by atoms with E-state index in [-0.39, 0.29) is 0 Å². The predicted octanol–water partition coefficient (Wildman–Crippen LogP) is 2.33. The molecule has 1 heterocycles. The van der Waals surface area contributed by atoms with E-state index in [4.69, 9.17) is 10.00 Å². The molecule has 0 fully saturated rings. The summed E-state index contributed by atoms with van der Waals surface area (Å²) in [4.78, 5) is 4.11. The first-order valence-electron chi connectivity index (χ1n) is 4.83. The molecule has 0 saturated carbocycles. The smallest absolute Gasteiger partial charge is 0.140 e. The lowest BCUT2D eigenvalue weighted by Crippen LogP contribution is -1.99. The summed E-state index contributed by atoms with van der Waals surface area (Å²) >= 11 is 0. The lowest BCUT2D eigenvalue weighted by molar-refractivity contribution is 0.301. The number of hydrogen-bond acceptors (Lipinski definition) is 3. The van der Waals surface area contributed by atoms with Gasteiger partial charge in [-0.05, 0) is 30.3 Å². The molecule has 1 aromatic heterocycles. The Kier molecular flexibility index (Phi) is 3.15. The van der Waals surface area contributed by atoms with Gasteiger partial charge in [0.1, 0.15) is 24.1 Å². The van der Waals surface area contributed by atoms with Gasteiger partial charge in [-0.2, -0.15) is 5.26 Å². The largest absolute Gasteiger partial charge is 0.487 e. The van der Waals surface area contributed by atoms with Crippen molar-refractivity contribution in [3.63, 3.8) is 0 Å². The van der Waals surface area contributed by atoms with Crippen LogP contribution >= 0.6 is 0 Å². The van der Waals surface area contributed by atoms with Crippen LogP contribution in [-0.2, 0) is 6.61 Å². The van der Waals surface area contributed by atoms with E-state index >= 15 is 0 Å². The van der Waals surface area contributed by atoms with Gasteiger partial charge in [-0.25, -0.2) is 4.98 Å². The third kappa shape index (κ3) is 2.58. The fraction of sp³-hybridized carbons (Fsp3) is 0.0769. The van der Waals surface area contributed by atoms with Gasteiger partial charge in [-0.3, -0.25) is 0 Å². The lowest BCUT2D eigenvalue weighted by atomic mass is 10.3. The second-order valence-corrected chi connectivity index (χ2v) is 3.15. The average Bonchev–Trinajstić information content (AvgIpc) is 2.38. The highest BCUT2D eigenvalue weighted by atomic mass is 16.5. The topological polar surface area (TPSA) is 45.9 Å². The first-order chi connectivity index (χ1) is 7.88. The number of ether oxygens (including phenoxy) is 1. The van der Waals surface area contributed by atoms with Crippen molar-refractivity contribution in [2.75, 3.05) is 0 Å². The van der Waals surface area contributed by atoms with Gasteiger partial charge in [0.25, 0.3) is 0 Å². The van der Waals surface area contributed by atoms with Crippen molar-refractivity contribution in [1.82, 2.24) is 4.98 Å². The summed E-state index contributed by atoms with van der Waals surface area (Å²) in [5.74, 6) is 0.767. The van der Waals surface area contributed by atoms with Crippen LogP contribution in [0.25, 0.3) is 0 Å². The third-order valence-electron chi connectivity index (χ3n) is 2.00. The van der Waals surface area contributed by atoms with Crippen molar-refractivity contribution in [2.45, 2.75) is 6.61 Å². The van der Waals surface area contributed by atoms with E-state index in [1.807, 2.05) is 24.3 Å². The van der Waals surface area contributed by atoms with Crippen molar-refractivity contribution < 1.29 is 4.74 Å². The maximum Gasteiger partial charge on any atom is 0.140 e. The van der Waals surface area contributed by atoms with Crippen LogP contribution in [0.5, 0.6) is 5.75 Å². The quantitative estimate of drug-likeness (QED) is 0.779. The zero-order valence-corrected chi connectivity index (χ0v) is 8.55. The molecule has 16 heavy (non-hydrogen) atoms. The molecule has 0 aliphatic heterocycles. The SMILES string of the molecule is N#Cc1cccc(COc2cc[c]cc2)n1. The standard InChI is InChI=1S/C13H9N2O/c14-9-11-5-4-6-12(15-11)10-16-13-7-2-1-3-8-13/h2-8H,10H2. The zero-order valence-electron chi connectivity index (χ0n) is 8.55. The summed E-state index contributed by atoms with van der Waals surface area (Å²) in [6.07, 6.45) is 0. The summed E-state index contributed by atoms with van der Waals surface area (Å²) in [5, 5.41) is 8.69. The molecule has 0 bridgehead atoms. The molecule has 0 aliphatic rings. The maximum atomic E-state index is 8.69. The Morgan fingerprint density at radius 3 is 2.81 bits per heavy atom. The normalized spacial score (nSPS) is 9.44. The number of nitriles is 1. The highest BCUT2D eigenvalue weighted by molar-refractivity contribution is 5.23. The molecule has 0 saturated heterocycles. The van der Waals surface area contributed by atoms with Crippen LogP contribution in [0.3, 0.4) is 0 Å². The van der Waals surface area contributed by atoms with Gasteiger partial charge in [0, 0.05) is 0 Å². The van der Waals surface area contributed by atoms with E-state index in [0.29, 0.717) is 12.3 Å². The molecular formula is C13H9N2O. The summed E-state index contributed by atoms with van der Waals surface area (Å²) in [6, 6.07) is 17.4. The van der Waals surface area contributed by atoms with Gasteiger partial charge in [-0.15, -0.1) is 0 Å². The van der Waals surface area contributed by atoms with Gasteiger partial charge in [0.2, 0.25) is 0 Å². The summed E-state index contributed by atoms with van der Waals surface area (Å²) in [6.45, 7) is 0.361. The van der Waals surface area contributed by atoms with Crippen molar-refractivity contribution in [3.8, 4) is 11.8 Å². The predicted molar refractivity (Wildman–Crippen MR) is 58.6 cm³/mol. The Bertz CT molecular complexity index is 503. The average molecular weight is 209 g/mol. The second kappa shape index (κ2) is 4.94. The summed E-state index contributed by atoms with van der Waals surface area (Å²) in [5.41, 5.74) is 1.15. The zero-order chi connectivity index (χ0) is 11.2. The van der Waals surface area contributed by atoms with Gasteiger partial charge >= 0.3 is 0 Å². The number of pyridine rings is 1. The first kappa shape index (κ1) is 10.2. The van der Waals surface area contributed by atoms with Crippen molar-refractivity contribution >= 4 is 0 Å². The van der Waals surface area contributed by atoms with Crippen LogP contribution < -0.4 is 4.74 Å². The Labute approximate surface area is 93.9 Å². The van der Waals surface area contributed by atoms with Gasteiger partial charge < -0.3 is 4.74 Å². The minimum absolute atomic E-state index is 0.361. The molecule has 3 heteroatoms. The molecule has 1 radical (unpaired) electrons. The summed E-state index contributed by atoms with van der Waals surface area (Å²) in [7, 11) is 0. The van der Waals surface area contributed by atoms with Crippen LogP contribution in [0.1, 0.15) is 11.4 Å². The molecular weight excluding hydrogens is 200 g/mol. The highest BCUT2D eigenvalue weighted by Crippen LogP contribution is 2.10. The van der Waals surface area contributed by atoms with Crippen molar-refractivity contribution in [3.05, 3.63) is 59.9 Å².